The molecule has 1 aliphatic rings. The topological polar surface area (TPSA) is 64.4 Å². The molecule has 198 valence electrons. The van der Waals surface area contributed by atoms with Gasteiger partial charge in [-0.15, -0.1) is 16.4 Å². The minimum atomic E-state index is -0.466. The van der Waals surface area contributed by atoms with Crippen molar-refractivity contribution in [2.24, 2.45) is 11.8 Å². The van der Waals surface area contributed by atoms with E-state index in [0.717, 1.165) is 36.9 Å². The highest BCUT2D eigenvalue weighted by Crippen LogP contribution is 2.35. The summed E-state index contributed by atoms with van der Waals surface area (Å²) in [5.74, 6) is 0.551. The Morgan fingerprint density at radius 2 is 1.79 bits per heavy atom. The molecule has 38 heavy (non-hydrogen) atoms. The first kappa shape index (κ1) is 26.2. The van der Waals surface area contributed by atoms with E-state index in [0.29, 0.717) is 17.3 Å². The zero-order chi connectivity index (χ0) is 26.8. The molecule has 0 bridgehead atoms. The fourth-order valence-corrected chi connectivity index (χ4v) is 6.31. The van der Waals surface area contributed by atoms with E-state index in [1.54, 1.807) is 34.0 Å². The lowest BCUT2D eigenvalue weighted by Gasteiger charge is -2.32. The van der Waals surface area contributed by atoms with Gasteiger partial charge in [-0.2, -0.15) is 0 Å². The van der Waals surface area contributed by atoms with Crippen molar-refractivity contribution in [3.05, 3.63) is 66.4 Å². The first-order chi connectivity index (χ1) is 18.4. The lowest BCUT2D eigenvalue weighted by atomic mass is 9.82. The van der Waals surface area contributed by atoms with Gasteiger partial charge in [-0.05, 0) is 87.6 Å². The molecule has 0 aliphatic heterocycles. The Morgan fingerprint density at radius 3 is 2.45 bits per heavy atom. The van der Waals surface area contributed by atoms with Gasteiger partial charge in [0, 0.05) is 27.7 Å². The predicted octanol–water partition coefficient (Wildman–Crippen LogP) is 7.50. The van der Waals surface area contributed by atoms with E-state index in [1.165, 1.54) is 15.0 Å². The van der Waals surface area contributed by atoms with Crippen LogP contribution in [0.2, 0.25) is 0 Å². The predicted molar refractivity (Wildman–Crippen MR) is 154 cm³/mol. The van der Waals surface area contributed by atoms with Crippen LogP contribution in [0.1, 0.15) is 63.7 Å². The number of aromatic nitrogens is 2. The van der Waals surface area contributed by atoms with Crippen LogP contribution in [0, 0.1) is 11.8 Å². The normalized spacial score (nSPS) is 17.6. The van der Waals surface area contributed by atoms with Crippen LogP contribution in [0.25, 0.3) is 26.2 Å². The van der Waals surface area contributed by atoms with E-state index in [9.17, 15) is 9.59 Å². The Morgan fingerprint density at radius 1 is 1.08 bits per heavy atom. The number of esters is 1. The van der Waals surface area contributed by atoms with E-state index in [-0.39, 0.29) is 24.5 Å². The molecule has 5 rings (SSSR count). The molecule has 4 aromatic rings. The average molecular weight is 530 g/mol. The third kappa shape index (κ3) is 5.25. The number of anilines is 1. The Hall–Kier alpha value is -3.45. The van der Waals surface area contributed by atoms with Gasteiger partial charge in [0.15, 0.2) is 5.82 Å². The van der Waals surface area contributed by atoms with Crippen LogP contribution in [-0.2, 0) is 9.53 Å². The molecule has 6 nitrogen and oxygen atoms in total. The van der Waals surface area contributed by atoms with Crippen LogP contribution < -0.4 is 4.90 Å². The van der Waals surface area contributed by atoms with Gasteiger partial charge >= 0.3 is 5.97 Å². The molecule has 0 N–H and O–H groups in total. The molecule has 1 saturated carbocycles. The van der Waals surface area contributed by atoms with Crippen molar-refractivity contribution >= 4 is 39.1 Å². The average Bonchev–Trinajstić information content (AvgIpc) is 3.54. The van der Waals surface area contributed by atoms with E-state index in [2.05, 4.69) is 49.4 Å². The van der Waals surface area contributed by atoms with Crippen LogP contribution in [-0.4, -0.2) is 34.3 Å². The van der Waals surface area contributed by atoms with Gasteiger partial charge in [0.25, 0.3) is 0 Å². The highest BCUT2D eigenvalue weighted by molar-refractivity contribution is 7.22. The van der Waals surface area contributed by atoms with Gasteiger partial charge in [0.05, 0.1) is 12.3 Å². The number of benzene rings is 2. The summed E-state index contributed by atoms with van der Waals surface area (Å²) >= 11 is 1.76. The molecule has 0 saturated heterocycles. The third-order valence-electron chi connectivity index (χ3n) is 7.38. The minimum absolute atomic E-state index is 0.0443. The molecular weight excluding hydrogens is 494 g/mol. The zero-order valence-corrected chi connectivity index (χ0v) is 23.3. The number of ether oxygens (including phenoxy) is 1. The maximum atomic E-state index is 13.7. The Bertz CT molecular complexity index is 1400. The summed E-state index contributed by atoms with van der Waals surface area (Å²) in [5, 5.41) is 6.03. The molecule has 0 spiro atoms. The molecule has 2 aromatic carbocycles. The Balaban J connectivity index is 1.48. The summed E-state index contributed by atoms with van der Waals surface area (Å²) in [6.07, 6.45) is 5.53. The van der Waals surface area contributed by atoms with Crippen molar-refractivity contribution in [3.63, 3.8) is 0 Å². The fourth-order valence-electron chi connectivity index (χ4n) is 5.24. The molecule has 0 radical (unpaired) electrons. The minimum Gasteiger partial charge on any atom is -0.462 e. The molecule has 1 amide bonds. The monoisotopic (exact) mass is 529 g/mol. The van der Waals surface area contributed by atoms with E-state index < -0.39 is 5.97 Å². The summed E-state index contributed by atoms with van der Waals surface area (Å²) < 4.78 is 8.30. The number of hydrogen-bond donors (Lipinski definition) is 0. The summed E-state index contributed by atoms with van der Waals surface area (Å²) in [6.45, 7) is 8.22. The van der Waals surface area contributed by atoms with Gasteiger partial charge < -0.3 is 4.74 Å². The highest BCUT2D eigenvalue weighted by Gasteiger charge is 2.34. The number of carbonyl (C=O) groups is 2. The first-order valence-corrected chi connectivity index (χ1v) is 14.4. The Kier molecular flexibility index (Phi) is 7.65. The maximum absolute atomic E-state index is 13.7. The third-order valence-corrected chi connectivity index (χ3v) is 8.54. The quantitative estimate of drug-likeness (QED) is 0.233. The molecule has 2 heterocycles. The van der Waals surface area contributed by atoms with Gasteiger partial charge in [0.2, 0.25) is 5.91 Å². The van der Waals surface area contributed by atoms with Gasteiger partial charge in [-0.3, -0.25) is 9.69 Å². The number of hydrogen-bond acceptors (Lipinski definition) is 5. The summed E-state index contributed by atoms with van der Waals surface area (Å²) in [7, 11) is 0. The van der Waals surface area contributed by atoms with Gasteiger partial charge in [-0.25, -0.2) is 9.48 Å². The fraction of sp³-hybridized carbons (Fsp3) is 0.387. The summed E-state index contributed by atoms with van der Waals surface area (Å²) in [6, 6.07) is 18.6. The molecular formula is C31H35N3O3S. The smallest absolute Gasteiger partial charge is 0.343 e. The molecule has 7 heteroatoms. The molecule has 1 fully saturated rings. The van der Waals surface area contributed by atoms with Crippen molar-refractivity contribution in [2.75, 3.05) is 11.5 Å². The lowest BCUT2D eigenvalue weighted by Crippen LogP contribution is -2.43. The van der Waals surface area contributed by atoms with Crippen LogP contribution >= 0.6 is 11.3 Å². The SMILES string of the molecule is CCOC(=O)c1cn(-c2ccc(-c3cc4ccccc4s3)cc2)nc1N(C(=O)[C@H]1CC[C@H](C)CC1)C(C)C. The molecule has 2 aromatic heterocycles. The van der Waals surface area contributed by atoms with E-state index >= 15 is 0 Å². The molecule has 1 aliphatic carbocycles. The number of rotatable bonds is 7. The largest absolute Gasteiger partial charge is 0.462 e. The maximum Gasteiger partial charge on any atom is 0.343 e. The van der Waals surface area contributed by atoms with Crippen molar-refractivity contribution in [1.29, 1.82) is 0 Å². The second-order valence-electron chi connectivity index (χ2n) is 10.5. The second kappa shape index (κ2) is 11.1. The number of carbonyl (C=O) groups excluding carboxylic acids is 2. The van der Waals surface area contributed by atoms with Gasteiger partial charge in [0.1, 0.15) is 5.56 Å². The van der Waals surface area contributed by atoms with Crippen LogP contribution in [0.4, 0.5) is 5.82 Å². The number of amides is 1. The lowest BCUT2D eigenvalue weighted by molar-refractivity contribution is -0.124. The van der Waals surface area contributed by atoms with Crippen molar-refractivity contribution in [2.45, 2.75) is 59.4 Å². The van der Waals surface area contributed by atoms with Crippen LogP contribution in [0.15, 0.2) is 60.8 Å². The number of thiophene rings is 1. The van der Waals surface area contributed by atoms with Crippen molar-refractivity contribution in [1.82, 2.24) is 9.78 Å². The van der Waals surface area contributed by atoms with Crippen LogP contribution in [0.3, 0.4) is 0 Å². The van der Waals surface area contributed by atoms with E-state index in [4.69, 9.17) is 9.84 Å². The standard InChI is InChI=1S/C31H35N3O3S/c1-5-37-31(36)26-19-33(32-29(26)34(20(2)3)30(35)23-12-10-21(4)11-13-23)25-16-14-22(15-17-25)28-18-24-8-6-7-9-27(24)38-28/h6-9,14-21,23H,5,10-13H2,1-4H3/t21-,23-. The second-order valence-corrected chi connectivity index (χ2v) is 11.6. The molecule has 0 unspecified atom stereocenters. The van der Waals surface area contributed by atoms with Gasteiger partial charge in [-0.1, -0.05) is 37.3 Å². The summed E-state index contributed by atoms with van der Waals surface area (Å²) in [5.41, 5.74) is 2.25. The first-order valence-electron chi connectivity index (χ1n) is 13.5. The molecule has 0 atom stereocenters. The van der Waals surface area contributed by atoms with E-state index in [1.807, 2.05) is 26.0 Å². The number of fused-ring (bicyclic) bond motifs is 1. The van der Waals surface area contributed by atoms with Crippen LogP contribution in [0.5, 0.6) is 0 Å². The van der Waals surface area contributed by atoms with Crippen molar-refractivity contribution in [3.8, 4) is 16.1 Å². The zero-order valence-electron chi connectivity index (χ0n) is 22.5. The summed E-state index contributed by atoms with van der Waals surface area (Å²) in [4.78, 5) is 29.6. The number of nitrogens with zero attached hydrogens (tertiary/aromatic N) is 3. The highest BCUT2D eigenvalue weighted by atomic mass is 32.1. The van der Waals surface area contributed by atoms with Crippen molar-refractivity contribution < 1.29 is 14.3 Å². The Labute approximate surface area is 228 Å².